The van der Waals surface area contributed by atoms with Gasteiger partial charge in [0.2, 0.25) is 0 Å². The molecule has 1 aliphatic carbocycles. The Kier molecular flexibility index (Phi) is 4.26. The van der Waals surface area contributed by atoms with Crippen LogP contribution in [-0.2, 0) is 19.3 Å². The molecule has 1 unspecified atom stereocenters. The molecule has 0 amide bonds. The summed E-state index contributed by atoms with van der Waals surface area (Å²) in [5.74, 6) is 0.904. The van der Waals surface area contributed by atoms with E-state index in [0.29, 0.717) is 0 Å². The van der Waals surface area contributed by atoms with Gasteiger partial charge in [0.25, 0.3) is 0 Å². The number of hydrogen-bond donors (Lipinski definition) is 1. The van der Waals surface area contributed by atoms with Gasteiger partial charge in [0.1, 0.15) is 5.75 Å². The maximum Gasteiger partial charge on any atom is 0.118 e. The van der Waals surface area contributed by atoms with Crippen LogP contribution in [0.3, 0.4) is 0 Å². The molecule has 3 rings (SSSR count). The van der Waals surface area contributed by atoms with Crippen LogP contribution in [0.2, 0.25) is 0 Å². The van der Waals surface area contributed by atoms with Crippen LogP contribution >= 0.6 is 0 Å². The third-order valence-corrected chi connectivity index (χ3v) is 4.45. The Balaban J connectivity index is 1.61. The van der Waals surface area contributed by atoms with Gasteiger partial charge in [-0.25, -0.2) is 0 Å². The molecular weight excluding hydrogens is 258 g/mol. The molecule has 2 aromatic carbocycles. The number of aryl methyl sites for hydroxylation is 3. The van der Waals surface area contributed by atoms with Crippen LogP contribution in [-0.4, -0.2) is 7.11 Å². The number of methoxy groups -OCH3 is 1. The Labute approximate surface area is 126 Å². The van der Waals surface area contributed by atoms with Crippen molar-refractivity contribution in [3.8, 4) is 5.75 Å². The number of rotatable bonds is 5. The minimum atomic E-state index is 0.123. The van der Waals surface area contributed by atoms with Crippen molar-refractivity contribution in [1.82, 2.24) is 0 Å². The summed E-state index contributed by atoms with van der Waals surface area (Å²) in [5, 5.41) is 0. The summed E-state index contributed by atoms with van der Waals surface area (Å²) in [6.45, 7) is 0. The lowest BCUT2D eigenvalue weighted by Crippen LogP contribution is -2.11. The van der Waals surface area contributed by atoms with Gasteiger partial charge in [-0.2, -0.15) is 0 Å². The van der Waals surface area contributed by atoms with Crippen molar-refractivity contribution < 1.29 is 4.74 Å². The van der Waals surface area contributed by atoms with Crippen LogP contribution in [0, 0.1) is 0 Å². The average Bonchev–Trinajstić information content (AvgIpc) is 3.00. The molecule has 0 saturated carbocycles. The number of ether oxygens (including phenoxy) is 1. The molecule has 2 N–H and O–H groups in total. The molecule has 110 valence electrons. The lowest BCUT2D eigenvalue weighted by atomic mass is 9.97. The molecule has 21 heavy (non-hydrogen) atoms. The van der Waals surface area contributed by atoms with E-state index in [-0.39, 0.29) is 6.04 Å². The van der Waals surface area contributed by atoms with Crippen molar-refractivity contribution >= 4 is 0 Å². The van der Waals surface area contributed by atoms with Gasteiger partial charge in [0.15, 0.2) is 0 Å². The monoisotopic (exact) mass is 281 g/mol. The van der Waals surface area contributed by atoms with E-state index >= 15 is 0 Å². The molecule has 0 saturated heterocycles. The molecule has 0 aromatic heterocycles. The van der Waals surface area contributed by atoms with Gasteiger partial charge in [-0.1, -0.05) is 30.3 Å². The second kappa shape index (κ2) is 6.31. The molecule has 0 aliphatic heterocycles. The zero-order valence-corrected chi connectivity index (χ0v) is 12.6. The molecule has 0 heterocycles. The number of hydrogen-bond acceptors (Lipinski definition) is 2. The van der Waals surface area contributed by atoms with E-state index in [1.165, 1.54) is 41.5 Å². The quantitative estimate of drug-likeness (QED) is 0.904. The molecule has 2 aromatic rings. The Morgan fingerprint density at radius 2 is 1.81 bits per heavy atom. The lowest BCUT2D eigenvalue weighted by Gasteiger charge is -2.14. The van der Waals surface area contributed by atoms with E-state index in [1.807, 2.05) is 12.1 Å². The largest absolute Gasteiger partial charge is 0.497 e. The third-order valence-electron chi connectivity index (χ3n) is 4.45. The van der Waals surface area contributed by atoms with Gasteiger partial charge in [-0.15, -0.1) is 0 Å². The summed E-state index contributed by atoms with van der Waals surface area (Å²) in [6.07, 6.45) is 5.72. The fourth-order valence-electron chi connectivity index (χ4n) is 3.10. The fraction of sp³-hybridized carbons (Fsp3) is 0.368. The molecule has 0 spiro atoms. The fourth-order valence-corrected chi connectivity index (χ4v) is 3.10. The minimum Gasteiger partial charge on any atom is -0.497 e. The van der Waals surface area contributed by atoms with E-state index in [0.717, 1.165) is 18.6 Å². The molecular formula is C19H23NO. The molecule has 0 radical (unpaired) electrons. The van der Waals surface area contributed by atoms with E-state index in [4.69, 9.17) is 10.5 Å². The van der Waals surface area contributed by atoms with Crippen molar-refractivity contribution in [2.75, 3.05) is 7.11 Å². The van der Waals surface area contributed by atoms with Gasteiger partial charge in [0.05, 0.1) is 7.11 Å². The third kappa shape index (κ3) is 3.27. The molecule has 1 atom stereocenters. The zero-order valence-electron chi connectivity index (χ0n) is 12.6. The van der Waals surface area contributed by atoms with Crippen LogP contribution in [0.1, 0.15) is 41.1 Å². The topological polar surface area (TPSA) is 35.2 Å². The van der Waals surface area contributed by atoms with Crippen molar-refractivity contribution in [3.05, 3.63) is 64.7 Å². The van der Waals surface area contributed by atoms with Crippen LogP contribution in [0.15, 0.2) is 42.5 Å². The molecule has 0 fully saturated rings. The first-order valence-corrected chi connectivity index (χ1v) is 7.76. The van der Waals surface area contributed by atoms with E-state index < -0.39 is 0 Å². The molecule has 2 nitrogen and oxygen atoms in total. The van der Waals surface area contributed by atoms with E-state index in [9.17, 15) is 0 Å². The van der Waals surface area contributed by atoms with Gasteiger partial charge >= 0.3 is 0 Å². The summed E-state index contributed by atoms with van der Waals surface area (Å²) >= 11 is 0. The average molecular weight is 281 g/mol. The highest BCUT2D eigenvalue weighted by atomic mass is 16.5. The minimum absolute atomic E-state index is 0.123. The first kappa shape index (κ1) is 14.2. The smallest absolute Gasteiger partial charge is 0.118 e. The van der Waals surface area contributed by atoms with Crippen molar-refractivity contribution in [2.45, 2.75) is 38.1 Å². The SMILES string of the molecule is COc1ccc(CCC(N)c2ccc3c(c2)CCC3)cc1. The Morgan fingerprint density at radius 3 is 2.57 bits per heavy atom. The molecule has 1 aliphatic rings. The summed E-state index contributed by atoms with van der Waals surface area (Å²) in [4.78, 5) is 0. The van der Waals surface area contributed by atoms with Crippen LogP contribution in [0.5, 0.6) is 5.75 Å². The molecule has 2 heteroatoms. The first-order chi connectivity index (χ1) is 10.3. The normalized spacial score (nSPS) is 14.8. The highest BCUT2D eigenvalue weighted by Crippen LogP contribution is 2.26. The van der Waals surface area contributed by atoms with Crippen LogP contribution < -0.4 is 10.5 Å². The second-order valence-corrected chi connectivity index (χ2v) is 5.87. The standard InChI is InChI=1S/C19H23NO/c1-21-18-10-5-14(6-11-18)7-12-19(20)17-9-8-15-3-2-4-16(15)13-17/h5-6,8-11,13,19H,2-4,7,12,20H2,1H3. The summed E-state index contributed by atoms with van der Waals surface area (Å²) in [6, 6.07) is 15.2. The number of fused-ring (bicyclic) bond motifs is 1. The van der Waals surface area contributed by atoms with Crippen molar-refractivity contribution in [2.24, 2.45) is 5.73 Å². The van der Waals surface area contributed by atoms with Crippen molar-refractivity contribution in [1.29, 1.82) is 0 Å². The van der Waals surface area contributed by atoms with Gasteiger partial charge < -0.3 is 10.5 Å². The zero-order chi connectivity index (χ0) is 14.7. The Hall–Kier alpha value is -1.80. The predicted molar refractivity (Wildman–Crippen MR) is 86.7 cm³/mol. The van der Waals surface area contributed by atoms with E-state index in [1.54, 1.807) is 7.11 Å². The van der Waals surface area contributed by atoms with Gasteiger partial charge in [0, 0.05) is 6.04 Å². The Bertz CT molecular complexity index is 603. The summed E-state index contributed by atoms with van der Waals surface area (Å²) in [7, 11) is 1.69. The van der Waals surface area contributed by atoms with Gasteiger partial charge in [-0.3, -0.25) is 0 Å². The maximum atomic E-state index is 6.37. The highest BCUT2D eigenvalue weighted by Gasteiger charge is 2.13. The van der Waals surface area contributed by atoms with Gasteiger partial charge in [-0.05, 0) is 66.5 Å². The second-order valence-electron chi connectivity index (χ2n) is 5.87. The summed E-state index contributed by atoms with van der Waals surface area (Å²) < 4.78 is 5.18. The number of nitrogens with two attached hydrogens (primary N) is 1. The van der Waals surface area contributed by atoms with Crippen LogP contribution in [0.4, 0.5) is 0 Å². The number of benzene rings is 2. The highest BCUT2D eigenvalue weighted by molar-refractivity contribution is 5.36. The van der Waals surface area contributed by atoms with Crippen molar-refractivity contribution in [3.63, 3.8) is 0 Å². The lowest BCUT2D eigenvalue weighted by molar-refractivity contribution is 0.414. The maximum absolute atomic E-state index is 6.37. The molecule has 0 bridgehead atoms. The first-order valence-electron chi connectivity index (χ1n) is 7.76. The predicted octanol–water partition coefficient (Wildman–Crippen LogP) is 3.82. The summed E-state index contributed by atoms with van der Waals surface area (Å²) in [5.41, 5.74) is 12.0. The van der Waals surface area contributed by atoms with Crippen LogP contribution in [0.25, 0.3) is 0 Å². The van der Waals surface area contributed by atoms with E-state index in [2.05, 4.69) is 30.3 Å². The Morgan fingerprint density at radius 1 is 1.05 bits per heavy atom.